The van der Waals surface area contributed by atoms with Gasteiger partial charge in [-0.05, 0) is 43.5 Å². The average molecular weight is 298 g/mol. The smallest absolute Gasteiger partial charge is 0.220 e. The van der Waals surface area contributed by atoms with E-state index in [4.69, 9.17) is 4.74 Å². The van der Waals surface area contributed by atoms with Crippen LogP contribution in [0.5, 0.6) is 5.75 Å². The van der Waals surface area contributed by atoms with Crippen LogP contribution in [-0.2, 0) is 4.79 Å². The molecule has 3 nitrogen and oxygen atoms in total. The first kappa shape index (κ1) is 12.4. The molecular weight excluding hydrogens is 282 g/mol. The number of carbonyl (C=O) groups excluding carboxylic acids is 1. The maximum atomic E-state index is 11.4. The third kappa shape index (κ3) is 4.77. The van der Waals surface area contributed by atoms with Crippen molar-refractivity contribution in [1.82, 2.24) is 5.32 Å². The lowest BCUT2D eigenvalue weighted by atomic mass is 10.3. The summed E-state index contributed by atoms with van der Waals surface area (Å²) in [5.41, 5.74) is 0. The molecule has 0 unspecified atom stereocenters. The molecular formula is C13H16BrNO2. The zero-order chi connectivity index (χ0) is 12.1. The predicted molar refractivity (Wildman–Crippen MR) is 70.0 cm³/mol. The van der Waals surface area contributed by atoms with Gasteiger partial charge in [-0.15, -0.1) is 0 Å². The number of benzene rings is 1. The Bertz CT molecular complexity index is 374. The number of ether oxygens (including phenoxy) is 1. The topological polar surface area (TPSA) is 38.3 Å². The van der Waals surface area contributed by atoms with Crippen LogP contribution in [0.1, 0.15) is 25.7 Å². The minimum Gasteiger partial charge on any atom is -0.494 e. The summed E-state index contributed by atoms with van der Waals surface area (Å²) in [5, 5.41) is 2.96. The first-order valence-corrected chi connectivity index (χ1v) is 6.71. The van der Waals surface area contributed by atoms with E-state index in [-0.39, 0.29) is 5.91 Å². The van der Waals surface area contributed by atoms with Gasteiger partial charge in [0.2, 0.25) is 5.91 Å². The number of hydrogen-bond acceptors (Lipinski definition) is 2. The Hall–Kier alpha value is -1.03. The van der Waals surface area contributed by atoms with E-state index < -0.39 is 0 Å². The Morgan fingerprint density at radius 3 is 2.71 bits per heavy atom. The Morgan fingerprint density at radius 1 is 1.35 bits per heavy atom. The molecule has 1 aromatic rings. The molecule has 1 amide bonds. The minimum atomic E-state index is 0.145. The van der Waals surface area contributed by atoms with Crippen LogP contribution in [0.25, 0.3) is 0 Å². The van der Waals surface area contributed by atoms with Crippen LogP contribution < -0.4 is 10.1 Å². The molecule has 1 saturated carbocycles. The van der Waals surface area contributed by atoms with E-state index in [1.54, 1.807) is 0 Å². The molecule has 0 bridgehead atoms. The fourth-order valence-corrected chi connectivity index (χ4v) is 1.75. The van der Waals surface area contributed by atoms with E-state index in [1.165, 1.54) is 0 Å². The highest BCUT2D eigenvalue weighted by atomic mass is 79.9. The van der Waals surface area contributed by atoms with Crippen LogP contribution in [0.15, 0.2) is 28.7 Å². The summed E-state index contributed by atoms with van der Waals surface area (Å²) >= 11 is 3.37. The number of hydrogen-bond donors (Lipinski definition) is 1. The van der Waals surface area contributed by atoms with Crippen molar-refractivity contribution < 1.29 is 9.53 Å². The summed E-state index contributed by atoms with van der Waals surface area (Å²) in [6, 6.07) is 8.15. The third-order valence-corrected chi connectivity index (χ3v) is 3.10. The molecule has 0 aromatic heterocycles. The highest BCUT2D eigenvalue weighted by Gasteiger charge is 2.22. The van der Waals surface area contributed by atoms with Gasteiger partial charge in [-0.3, -0.25) is 4.79 Å². The lowest BCUT2D eigenvalue weighted by Gasteiger charge is -2.06. The zero-order valence-electron chi connectivity index (χ0n) is 9.62. The van der Waals surface area contributed by atoms with Gasteiger partial charge in [-0.1, -0.05) is 15.9 Å². The van der Waals surface area contributed by atoms with E-state index in [1.807, 2.05) is 24.3 Å². The second kappa shape index (κ2) is 6.05. The number of halogens is 1. The van der Waals surface area contributed by atoms with Gasteiger partial charge >= 0.3 is 0 Å². The van der Waals surface area contributed by atoms with Crippen LogP contribution >= 0.6 is 15.9 Å². The van der Waals surface area contributed by atoms with Gasteiger partial charge in [0.1, 0.15) is 5.75 Å². The molecule has 1 aliphatic rings. The summed E-state index contributed by atoms with van der Waals surface area (Å²) in [6.45, 7) is 0.583. The molecule has 1 fully saturated rings. The zero-order valence-corrected chi connectivity index (χ0v) is 11.2. The molecule has 1 aliphatic carbocycles. The quantitative estimate of drug-likeness (QED) is 0.820. The van der Waals surface area contributed by atoms with E-state index in [0.29, 0.717) is 19.1 Å². The standard InChI is InChI=1S/C13H16BrNO2/c14-10-3-7-12(8-4-10)17-9-1-2-13(16)15-11-5-6-11/h3-4,7-8,11H,1-2,5-6,9H2,(H,15,16). The fraction of sp³-hybridized carbons (Fsp3) is 0.462. The summed E-state index contributed by atoms with van der Waals surface area (Å²) in [4.78, 5) is 11.4. The summed E-state index contributed by atoms with van der Waals surface area (Å²) in [5.74, 6) is 0.989. The van der Waals surface area contributed by atoms with Crippen LogP contribution in [0.2, 0.25) is 0 Å². The molecule has 0 radical (unpaired) electrons. The van der Waals surface area contributed by atoms with Gasteiger partial charge in [0.25, 0.3) is 0 Å². The van der Waals surface area contributed by atoms with Crippen molar-refractivity contribution in [3.05, 3.63) is 28.7 Å². The fourth-order valence-electron chi connectivity index (χ4n) is 1.48. The number of rotatable bonds is 6. The van der Waals surface area contributed by atoms with Gasteiger partial charge < -0.3 is 10.1 Å². The van der Waals surface area contributed by atoms with Crippen molar-refractivity contribution in [3.63, 3.8) is 0 Å². The van der Waals surface area contributed by atoms with Gasteiger partial charge in [-0.25, -0.2) is 0 Å². The second-order valence-electron chi connectivity index (χ2n) is 4.25. The van der Waals surface area contributed by atoms with Crippen molar-refractivity contribution in [1.29, 1.82) is 0 Å². The number of amides is 1. The highest BCUT2D eigenvalue weighted by molar-refractivity contribution is 9.10. The second-order valence-corrected chi connectivity index (χ2v) is 5.16. The normalized spacial score (nSPS) is 14.4. The molecule has 92 valence electrons. The molecule has 0 atom stereocenters. The average Bonchev–Trinajstić information content (AvgIpc) is 3.11. The van der Waals surface area contributed by atoms with Crippen molar-refractivity contribution in [2.45, 2.75) is 31.7 Å². The molecule has 17 heavy (non-hydrogen) atoms. The Labute approximate surface area is 110 Å². The van der Waals surface area contributed by atoms with Crippen molar-refractivity contribution in [3.8, 4) is 5.75 Å². The Morgan fingerprint density at radius 2 is 2.06 bits per heavy atom. The lowest BCUT2D eigenvalue weighted by molar-refractivity contribution is -0.121. The largest absolute Gasteiger partial charge is 0.494 e. The van der Waals surface area contributed by atoms with Crippen molar-refractivity contribution >= 4 is 21.8 Å². The Balaban J connectivity index is 1.59. The van der Waals surface area contributed by atoms with Gasteiger partial charge in [0.15, 0.2) is 0 Å². The van der Waals surface area contributed by atoms with Crippen molar-refractivity contribution in [2.75, 3.05) is 6.61 Å². The molecule has 0 heterocycles. The third-order valence-electron chi connectivity index (χ3n) is 2.57. The Kier molecular flexibility index (Phi) is 4.42. The number of nitrogens with one attached hydrogen (secondary N) is 1. The van der Waals surface area contributed by atoms with E-state index in [0.717, 1.165) is 29.5 Å². The summed E-state index contributed by atoms with van der Waals surface area (Å²) < 4.78 is 6.57. The molecule has 0 aliphatic heterocycles. The summed E-state index contributed by atoms with van der Waals surface area (Å²) in [7, 11) is 0. The van der Waals surface area contributed by atoms with Crippen LogP contribution in [-0.4, -0.2) is 18.6 Å². The maximum absolute atomic E-state index is 11.4. The molecule has 1 N–H and O–H groups in total. The molecule has 0 spiro atoms. The SMILES string of the molecule is O=C(CCCOc1ccc(Br)cc1)NC1CC1. The van der Waals surface area contributed by atoms with Gasteiger partial charge in [0, 0.05) is 16.9 Å². The van der Waals surface area contributed by atoms with E-state index >= 15 is 0 Å². The van der Waals surface area contributed by atoms with Crippen LogP contribution in [0, 0.1) is 0 Å². The van der Waals surface area contributed by atoms with Gasteiger partial charge in [-0.2, -0.15) is 0 Å². The number of carbonyl (C=O) groups is 1. The maximum Gasteiger partial charge on any atom is 0.220 e. The molecule has 2 rings (SSSR count). The van der Waals surface area contributed by atoms with Gasteiger partial charge in [0.05, 0.1) is 6.61 Å². The first-order valence-electron chi connectivity index (χ1n) is 5.92. The molecule has 0 saturated heterocycles. The molecule has 4 heteroatoms. The predicted octanol–water partition coefficient (Wildman–Crippen LogP) is 2.89. The molecule has 1 aromatic carbocycles. The highest BCUT2D eigenvalue weighted by Crippen LogP contribution is 2.19. The monoisotopic (exact) mass is 297 g/mol. The van der Waals surface area contributed by atoms with Crippen LogP contribution in [0.3, 0.4) is 0 Å². The first-order chi connectivity index (χ1) is 8.24. The lowest BCUT2D eigenvalue weighted by Crippen LogP contribution is -2.25. The van der Waals surface area contributed by atoms with Crippen LogP contribution in [0.4, 0.5) is 0 Å². The van der Waals surface area contributed by atoms with E-state index in [9.17, 15) is 4.79 Å². The summed E-state index contributed by atoms with van der Waals surface area (Å²) in [6.07, 6.45) is 3.59. The van der Waals surface area contributed by atoms with E-state index in [2.05, 4.69) is 21.2 Å². The minimum absolute atomic E-state index is 0.145. The van der Waals surface area contributed by atoms with Crippen molar-refractivity contribution in [2.24, 2.45) is 0 Å².